The smallest absolute Gasteiger partial charge is 0.339 e. The molecule has 1 aliphatic heterocycles. The molecule has 0 aliphatic carbocycles. The Balaban J connectivity index is 0.00000300. The highest BCUT2D eigenvalue weighted by molar-refractivity contribution is 5.94. The quantitative estimate of drug-likeness (QED) is 0.642. The number of carbonyl (C=O) groups is 2. The number of piperidine rings is 1. The molecule has 156 valence electrons. The normalized spacial score (nSPS) is 14.6. The van der Waals surface area contributed by atoms with Gasteiger partial charge in [-0.3, -0.25) is 4.79 Å². The molecular formula is C22H27ClN2O4. The average Bonchev–Trinajstić information content (AvgIpc) is 2.73. The van der Waals surface area contributed by atoms with E-state index in [9.17, 15) is 9.59 Å². The number of likely N-dealkylation sites (tertiary alicyclic amines) is 1. The number of amides is 1. The van der Waals surface area contributed by atoms with Crippen molar-refractivity contribution in [3.63, 3.8) is 0 Å². The summed E-state index contributed by atoms with van der Waals surface area (Å²) in [7, 11) is 0. The number of ether oxygens (including phenoxy) is 1. The highest BCUT2D eigenvalue weighted by Crippen LogP contribution is 2.18. The molecule has 0 spiro atoms. The van der Waals surface area contributed by atoms with Gasteiger partial charge in [-0.15, -0.1) is 12.4 Å². The van der Waals surface area contributed by atoms with Crippen LogP contribution in [-0.4, -0.2) is 54.2 Å². The van der Waals surface area contributed by atoms with Gasteiger partial charge >= 0.3 is 5.97 Å². The second-order valence-electron chi connectivity index (χ2n) is 6.96. The van der Waals surface area contributed by atoms with Crippen LogP contribution in [0.25, 0.3) is 0 Å². The fourth-order valence-corrected chi connectivity index (χ4v) is 3.40. The van der Waals surface area contributed by atoms with E-state index in [0.29, 0.717) is 17.9 Å². The minimum Gasteiger partial charge on any atom is -0.493 e. The number of hydrogen-bond donors (Lipinski definition) is 2. The van der Waals surface area contributed by atoms with Crippen LogP contribution in [0.4, 0.5) is 0 Å². The standard InChI is InChI=1S/C22H26N2O4.ClH/c25-21(17-7-2-1-3-8-17)23-18-11-14-24(15-12-18)13-6-16-28-20-10-5-4-9-19(20)22(26)27;/h1-5,7-10,18H,6,11-16H2,(H,23,25)(H,26,27);1H. The molecule has 0 saturated carbocycles. The molecule has 1 fully saturated rings. The predicted octanol–water partition coefficient (Wildman–Crippen LogP) is 3.47. The van der Waals surface area contributed by atoms with E-state index in [2.05, 4.69) is 10.2 Å². The third kappa shape index (κ3) is 6.76. The van der Waals surface area contributed by atoms with Gasteiger partial charge in [-0.2, -0.15) is 0 Å². The molecule has 7 heteroatoms. The Labute approximate surface area is 177 Å². The zero-order valence-electron chi connectivity index (χ0n) is 16.3. The van der Waals surface area contributed by atoms with Crippen molar-refractivity contribution in [2.24, 2.45) is 0 Å². The third-order valence-electron chi connectivity index (χ3n) is 4.95. The van der Waals surface area contributed by atoms with Crippen LogP contribution in [-0.2, 0) is 0 Å². The maximum absolute atomic E-state index is 12.2. The molecule has 2 aromatic rings. The zero-order valence-corrected chi connectivity index (χ0v) is 17.1. The van der Waals surface area contributed by atoms with Crippen LogP contribution in [0.15, 0.2) is 54.6 Å². The average molecular weight is 419 g/mol. The van der Waals surface area contributed by atoms with Gasteiger partial charge in [-0.1, -0.05) is 30.3 Å². The molecule has 0 aromatic heterocycles. The Morgan fingerprint density at radius 2 is 1.69 bits per heavy atom. The van der Waals surface area contributed by atoms with Crippen molar-refractivity contribution >= 4 is 24.3 Å². The SMILES string of the molecule is Cl.O=C(NC1CCN(CCCOc2ccccc2C(=O)O)CC1)c1ccccc1. The molecule has 0 bridgehead atoms. The van der Waals surface area contributed by atoms with Crippen LogP contribution in [0.5, 0.6) is 5.75 Å². The van der Waals surface area contributed by atoms with Gasteiger partial charge in [0.1, 0.15) is 11.3 Å². The van der Waals surface area contributed by atoms with Crippen LogP contribution in [0.1, 0.15) is 40.0 Å². The van der Waals surface area contributed by atoms with Gasteiger partial charge < -0.3 is 20.1 Å². The van der Waals surface area contributed by atoms with E-state index in [1.54, 1.807) is 24.3 Å². The monoisotopic (exact) mass is 418 g/mol. The molecule has 3 rings (SSSR count). The van der Waals surface area contributed by atoms with Crippen LogP contribution < -0.4 is 10.1 Å². The summed E-state index contributed by atoms with van der Waals surface area (Å²) in [6.07, 6.45) is 2.69. The van der Waals surface area contributed by atoms with Crippen LogP contribution in [0.3, 0.4) is 0 Å². The molecule has 29 heavy (non-hydrogen) atoms. The largest absolute Gasteiger partial charge is 0.493 e. The number of nitrogens with one attached hydrogen (secondary N) is 1. The van der Waals surface area contributed by atoms with E-state index >= 15 is 0 Å². The number of para-hydroxylation sites is 1. The van der Waals surface area contributed by atoms with Gasteiger partial charge in [0.05, 0.1) is 6.61 Å². The second kappa shape index (κ2) is 11.4. The van der Waals surface area contributed by atoms with Gasteiger partial charge in [0.15, 0.2) is 0 Å². The first-order chi connectivity index (χ1) is 13.6. The Bertz CT molecular complexity index is 792. The van der Waals surface area contributed by atoms with Crippen molar-refractivity contribution in [3.05, 3.63) is 65.7 Å². The van der Waals surface area contributed by atoms with E-state index in [4.69, 9.17) is 9.84 Å². The first-order valence-corrected chi connectivity index (χ1v) is 9.67. The van der Waals surface area contributed by atoms with Gasteiger partial charge in [-0.05, 0) is 43.5 Å². The molecule has 2 N–H and O–H groups in total. The fourth-order valence-electron chi connectivity index (χ4n) is 3.40. The summed E-state index contributed by atoms with van der Waals surface area (Å²) in [4.78, 5) is 25.8. The lowest BCUT2D eigenvalue weighted by molar-refractivity contribution is 0.0691. The lowest BCUT2D eigenvalue weighted by Crippen LogP contribution is -2.45. The van der Waals surface area contributed by atoms with Gasteiger partial charge in [0.25, 0.3) is 5.91 Å². The van der Waals surface area contributed by atoms with E-state index < -0.39 is 5.97 Å². The van der Waals surface area contributed by atoms with E-state index in [1.165, 1.54) is 0 Å². The number of rotatable bonds is 8. The number of carboxylic acids is 1. The number of carboxylic acid groups (broad SMARTS) is 1. The fraction of sp³-hybridized carbons (Fsp3) is 0.364. The maximum atomic E-state index is 12.2. The maximum Gasteiger partial charge on any atom is 0.339 e. The van der Waals surface area contributed by atoms with E-state index in [1.807, 2.05) is 30.3 Å². The molecule has 0 unspecified atom stereocenters. The highest BCUT2D eigenvalue weighted by atomic mass is 35.5. The molecule has 1 heterocycles. The summed E-state index contributed by atoms with van der Waals surface area (Å²) >= 11 is 0. The van der Waals surface area contributed by atoms with Gasteiger partial charge in [0.2, 0.25) is 0 Å². The Kier molecular flexibility index (Phi) is 8.96. The van der Waals surface area contributed by atoms with Crippen molar-refractivity contribution in [3.8, 4) is 5.75 Å². The third-order valence-corrected chi connectivity index (χ3v) is 4.95. The summed E-state index contributed by atoms with van der Waals surface area (Å²) in [5.74, 6) is -0.572. The Morgan fingerprint density at radius 3 is 2.38 bits per heavy atom. The summed E-state index contributed by atoms with van der Waals surface area (Å²) < 4.78 is 5.65. The van der Waals surface area contributed by atoms with Crippen molar-refractivity contribution in [1.82, 2.24) is 10.2 Å². The number of benzene rings is 2. The number of carbonyl (C=O) groups excluding carboxylic acids is 1. The highest BCUT2D eigenvalue weighted by Gasteiger charge is 2.21. The number of nitrogens with zero attached hydrogens (tertiary/aromatic N) is 1. The summed E-state index contributed by atoms with van der Waals surface area (Å²) in [5.41, 5.74) is 0.890. The molecule has 2 aromatic carbocycles. The minimum atomic E-state index is -0.977. The van der Waals surface area contributed by atoms with Crippen LogP contribution in [0.2, 0.25) is 0 Å². The molecule has 0 radical (unpaired) electrons. The van der Waals surface area contributed by atoms with Crippen molar-refractivity contribution in [2.75, 3.05) is 26.2 Å². The predicted molar refractivity (Wildman–Crippen MR) is 114 cm³/mol. The summed E-state index contributed by atoms with van der Waals surface area (Å²) in [6.45, 7) is 3.25. The Hall–Kier alpha value is -2.57. The summed E-state index contributed by atoms with van der Waals surface area (Å²) in [6, 6.07) is 16.2. The van der Waals surface area contributed by atoms with Crippen LogP contribution >= 0.6 is 12.4 Å². The van der Waals surface area contributed by atoms with Crippen molar-refractivity contribution in [2.45, 2.75) is 25.3 Å². The lowest BCUT2D eigenvalue weighted by atomic mass is 10.0. The van der Waals surface area contributed by atoms with Crippen LogP contribution in [0, 0.1) is 0 Å². The first kappa shape index (κ1) is 22.7. The summed E-state index contributed by atoms with van der Waals surface area (Å²) in [5, 5.41) is 12.3. The van der Waals surface area contributed by atoms with Crippen molar-refractivity contribution < 1.29 is 19.4 Å². The molecule has 1 saturated heterocycles. The number of aromatic carboxylic acids is 1. The topological polar surface area (TPSA) is 78.9 Å². The minimum absolute atomic E-state index is 0. The number of hydrogen-bond acceptors (Lipinski definition) is 4. The van der Waals surface area contributed by atoms with E-state index in [-0.39, 0.29) is 29.9 Å². The lowest BCUT2D eigenvalue weighted by Gasteiger charge is -2.32. The first-order valence-electron chi connectivity index (χ1n) is 9.67. The second-order valence-corrected chi connectivity index (χ2v) is 6.96. The molecule has 0 atom stereocenters. The van der Waals surface area contributed by atoms with Crippen molar-refractivity contribution in [1.29, 1.82) is 0 Å². The Morgan fingerprint density at radius 1 is 1.03 bits per heavy atom. The molecule has 1 amide bonds. The number of halogens is 1. The zero-order chi connectivity index (χ0) is 19.8. The van der Waals surface area contributed by atoms with Gasteiger partial charge in [0, 0.05) is 31.2 Å². The van der Waals surface area contributed by atoms with Gasteiger partial charge in [-0.25, -0.2) is 4.79 Å². The molecular weight excluding hydrogens is 392 g/mol. The molecule has 1 aliphatic rings. The van der Waals surface area contributed by atoms with E-state index in [0.717, 1.165) is 38.9 Å². The molecule has 6 nitrogen and oxygen atoms in total.